The molecule has 0 saturated heterocycles. The minimum absolute atomic E-state index is 0.247. The summed E-state index contributed by atoms with van der Waals surface area (Å²) in [5, 5.41) is 8.67. The van der Waals surface area contributed by atoms with Gasteiger partial charge in [0.25, 0.3) is 0 Å². The van der Waals surface area contributed by atoms with E-state index in [-0.39, 0.29) is 6.42 Å². The Labute approximate surface area is 109 Å². The van der Waals surface area contributed by atoms with Gasteiger partial charge in [0, 0.05) is 19.0 Å². The van der Waals surface area contributed by atoms with Crippen molar-refractivity contribution in [1.29, 1.82) is 0 Å². The second-order valence-corrected chi connectivity index (χ2v) is 5.05. The quantitative estimate of drug-likeness (QED) is 0.807. The number of nitrogens with zero attached hydrogens (tertiary/aromatic N) is 1. The van der Waals surface area contributed by atoms with Gasteiger partial charge in [-0.3, -0.25) is 9.69 Å². The lowest BCUT2D eigenvalue weighted by Gasteiger charge is -2.26. The molecule has 0 spiro atoms. The normalized spacial score (nSPS) is 11.2. The summed E-state index contributed by atoms with van der Waals surface area (Å²) < 4.78 is 0. The van der Waals surface area contributed by atoms with Crippen molar-refractivity contribution < 1.29 is 9.90 Å². The molecular weight excluding hydrogens is 226 g/mol. The lowest BCUT2D eigenvalue weighted by atomic mass is 10.1. The van der Waals surface area contributed by atoms with Crippen molar-refractivity contribution in [1.82, 2.24) is 4.90 Å². The monoisotopic (exact) mass is 249 g/mol. The van der Waals surface area contributed by atoms with Gasteiger partial charge in [0.15, 0.2) is 0 Å². The zero-order valence-electron chi connectivity index (χ0n) is 11.5. The van der Waals surface area contributed by atoms with Gasteiger partial charge in [-0.1, -0.05) is 29.8 Å². The molecule has 0 atom stereocenters. The number of hydrogen-bond acceptors (Lipinski definition) is 2. The molecule has 0 aliphatic heterocycles. The largest absolute Gasteiger partial charge is 0.481 e. The Morgan fingerprint density at radius 1 is 1.39 bits per heavy atom. The highest BCUT2D eigenvalue weighted by atomic mass is 16.4. The van der Waals surface area contributed by atoms with Crippen molar-refractivity contribution in [2.45, 2.75) is 46.2 Å². The van der Waals surface area contributed by atoms with Gasteiger partial charge in [-0.25, -0.2) is 0 Å². The molecule has 0 unspecified atom stereocenters. The van der Waals surface area contributed by atoms with Crippen LogP contribution in [0.1, 0.15) is 37.8 Å². The van der Waals surface area contributed by atoms with Crippen molar-refractivity contribution in [3.8, 4) is 0 Å². The molecule has 1 aromatic rings. The minimum atomic E-state index is -0.714. The summed E-state index contributed by atoms with van der Waals surface area (Å²) >= 11 is 0. The number of aryl methyl sites for hydroxylation is 1. The third-order valence-electron chi connectivity index (χ3n) is 3.03. The molecule has 0 aliphatic rings. The van der Waals surface area contributed by atoms with Crippen LogP contribution in [0.5, 0.6) is 0 Å². The zero-order valence-corrected chi connectivity index (χ0v) is 11.5. The Bertz CT molecular complexity index is 388. The van der Waals surface area contributed by atoms with Gasteiger partial charge in [-0.15, -0.1) is 0 Å². The van der Waals surface area contributed by atoms with Gasteiger partial charge in [-0.2, -0.15) is 0 Å². The maximum atomic E-state index is 10.5. The molecule has 1 rings (SSSR count). The maximum Gasteiger partial charge on any atom is 0.303 e. The van der Waals surface area contributed by atoms with E-state index in [0.717, 1.165) is 13.1 Å². The van der Waals surface area contributed by atoms with Gasteiger partial charge in [0.2, 0.25) is 0 Å². The first-order chi connectivity index (χ1) is 8.49. The average Bonchev–Trinajstić information content (AvgIpc) is 2.27. The molecule has 0 saturated carbocycles. The molecule has 18 heavy (non-hydrogen) atoms. The van der Waals surface area contributed by atoms with E-state index in [0.29, 0.717) is 12.5 Å². The smallest absolute Gasteiger partial charge is 0.303 e. The maximum absolute atomic E-state index is 10.5. The van der Waals surface area contributed by atoms with Crippen LogP contribution in [0, 0.1) is 6.92 Å². The highest BCUT2D eigenvalue weighted by Crippen LogP contribution is 2.11. The fourth-order valence-corrected chi connectivity index (χ4v) is 2.00. The second kappa shape index (κ2) is 7.17. The van der Waals surface area contributed by atoms with Crippen LogP contribution in [0.3, 0.4) is 0 Å². The molecule has 1 N–H and O–H groups in total. The molecule has 0 aliphatic carbocycles. The first-order valence-electron chi connectivity index (χ1n) is 6.50. The van der Waals surface area contributed by atoms with E-state index >= 15 is 0 Å². The second-order valence-electron chi connectivity index (χ2n) is 5.05. The van der Waals surface area contributed by atoms with E-state index in [1.165, 1.54) is 11.1 Å². The third-order valence-corrected chi connectivity index (χ3v) is 3.03. The van der Waals surface area contributed by atoms with Crippen LogP contribution in [0.4, 0.5) is 0 Å². The Hall–Kier alpha value is -1.35. The Kier molecular flexibility index (Phi) is 5.86. The highest BCUT2D eigenvalue weighted by molar-refractivity contribution is 5.66. The molecule has 0 aromatic heterocycles. The van der Waals surface area contributed by atoms with E-state index in [2.05, 4.69) is 49.9 Å². The molecule has 0 bridgehead atoms. The van der Waals surface area contributed by atoms with Crippen molar-refractivity contribution in [3.05, 3.63) is 35.4 Å². The molecular formula is C15H23NO2. The molecule has 0 fully saturated rings. The van der Waals surface area contributed by atoms with Crippen LogP contribution < -0.4 is 0 Å². The summed E-state index contributed by atoms with van der Waals surface area (Å²) in [5.74, 6) is -0.714. The van der Waals surface area contributed by atoms with E-state index in [9.17, 15) is 4.79 Å². The summed E-state index contributed by atoms with van der Waals surface area (Å²) in [5.41, 5.74) is 2.56. The van der Waals surface area contributed by atoms with Crippen molar-refractivity contribution >= 4 is 5.97 Å². The van der Waals surface area contributed by atoms with Crippen LogP contribution >= 0.6 is 0 Å². The fraction of sp³-hybridized carbons (Fsp3) is 0.533. The Morgan fingerprint density at radius 2 is 2.11 bits per heavy atom. The summed E-state index contributed by atoms with van der Waals surface area (Å²) in [6, 6.07) is 8.90. The SMILES string of the molecule is Cc1cccc(CN(CCCC(=O)O)C(C)C)c1. The number of rotatable bonds is 7. The van der Waals surface area contributed by atoms with Gasteiger partial charge in [0.1, 0.15) is 0 Å². The molecule has 1 aromatic carbocycles. The number of carbonyl (C=O) groups is 1. The first kappa shape index (κ1) is 14.7. The van der Waals surface area contributed by atoms with Gasteiger partial charge in [-0.05, 0) is 39.3 Å². The van der Waals surface area contributed by atoms with Crippen LogP contribution in [-0.2, 0) is 11.3 Å². The lowest BCUT2D eigenvalue weighted by molar-refractivity contribution is -0.137. The van der Waals surface area contributed by atoms with Crippen LogP contribution in [-0.4, -0.2) is 28.6 Å². The summed E-state index contributed by atoms with van der Waals surface area (Å²) in [6.45, 7) is 8.11. The summed E-state index contributed by atoms with van der Waals surface area (Å²) in [4.78, 5) is 12.9. The average molecular weight is 249 g/mol. The minimum Gasteiger partial charge on any atom is -0.481 e. The van der Waals surface area contributed by atoms with Crippen molar-refractivity contribution in [2.24, 2.45) is 0 Å². The topological polar surface area (TPSA) is 40.5 Å². The van der Waals surface area contributed by atoms with E-state index < -0.39 is 5.97 Å². The predicted molar refractivity (Wildman–Crippen MR) is 73.6 cm³/mol. The standard InChI is InChI=1S/C15H23NO2/c1-12(2)16(9-5-8-15(17)18)11-14-7-4-6-13(3)10-14/h4,6-7,10,12H,5,8-9,11H2,1-3H3,(H,17,18). The Balaban J connectivity index is 2.54. The van der Waals surface area contributed by atoms with Crippen LogP contribution in [0.25, 0.3) is 0 Å². The lowest BCUT2D eigenvalue weighted by Crippen LogP contribution is -2.31. The fourth-order valence-electron chi connectivity index (χ4n) is 2.00. The number of aliphatic carboxylic acids is 1. The predicted octanol–water partition coefficient (Wildman–Crippen LogP) is 3.07. The number of benzene rings is 1. The highest BCUT2D eigenvalue weighted by Gasteiger charge is 2.10. The molecule has 3 heteroatoms. The first-order valence-corrected chi connectivity index (χ1v) is 6.50. The van der Waals surface area contributed by atoms with E-state index in [1.807, 2.05) is 0 Å². The van der Waals surface area contributed by atoms with Crippen LogP contribution in [0.15, 0.2) is 24.3 Å². The summed E-state index contributed by atoms with van der Waals surface area (Å²) in [6.07, 6.45) is 0.955. The van der Waals surface area contributed by atoms with Crippen molar-refractivity contribution in [3.63, 3.8) is 0 Å². The van der Waals surface area contributed by atoms with E-state index in [1.54, 1.807) is 0 Å². The zero-order chi connectivity index (χ0) is 13.5. The number of carboxylic acid groups (broad SMARTS) is 1. The molecule has 100 valence electrons. The molecule has 0 amide bonds. The van der Waals surface area contributed by atoms with E-state index in [4.69, 9.17) is 5.11 Å². The third kappa shape index (κ3) is 5.32. The molecule has 0 radical (unpaired) electrons. The van der Waals surface area contributed by atoms with Crippen LogP contribution in [0.2, 0.25) is 0 Å². The molecule has 0 heterocycles. The summed E-state index contributed by atoms with van der Waals surface area (Å²) in [7, 11) is 0. The number of carboxylic acids is 1. The van der Waals surface area contributed by atoms with Gasteiger partial charge in [0.05, 0.1) is 0 Å². The van der Waals surface area contributed by atoms with Gasteiger partial charge >= 0.3 is 5.97 Å². The Morgan fingerprint density at radius 3 is 2.67 bits per heavy atom. The number of hydrogen-bond donors (Lipinski definition) is 1. The molecule has 3 nitrogen and oxygen atoms in total. The van der Waals surface area contributed by atoms with Gasteiger partial charge < -0.3 is 5.11 Å². The van der Waals surface area contributed by atoms with Crippen molar-refractivity contribution in [2.75, 3.05) is 6.54 Å².